The summed E-state index contributed by atoms with van der Waals surface area (Å²) in [6.07, 6.45) is -0.771. The van der Waals surface area contributed by atoms with Gasteiger partial charge >= 0.3 is 6.09 Å². The largest absolute Gasteiger partial charge is 0.489 e. The molecule has 10 nitrogen and oxygen atoms in total. The molecule has 2 heterocycles. The van der Waals surface area contributed by atoms with Gasteiger partial charge in [0.1, 0.15) is 23.7 Å². The summed E-state index contributed by atoms with van der Waals surface area (Å²) >= 11 is 0. The standard InChI is InChI=1S/C36H46N2O8S/c1-25(2)21-37(47(40,41)29-17-18-31-32(20-29)44-24-43-31)22-33-30(38(36(6,7)45-33)34(39)46-35(3,4)5)19-26-13-15-28(16-14-26)42-23-27-11-9-8-10-12-27/h8-18,20,25,30,33H,19,21-24H2,1-7H3/t30-,33+/m0/s1. The molecule has 1 fully saturated rings. The fourth-order valence-corrected chi connectivity index (χ4v) is 7.52. The first-order valence-electron chi connectivity index (χ1n) is 16.0. The topological polar surface area (TPSA) is 104 Å². The van der Waals surface area contributed by atoms with Crippen LogP contribution in [0.3, 0.4) is 0 Å². The monoisotopic (exact) mass is 666 g/mol. The predicted octanol–water partition coefficient (Wildman–Crippen LogP) is 6.62. The van der Waals surface area contributed by atoms with Gasteiger partial charge < -0.3 is 23.7 Å². The molecule has 0 saturated carbocycles. The molecule has 3 aromatic carbocycles. The van der Waals surface area contributed by atoms with E-state index in [1.807, 2.05) is 103 Å². The van der Waals surface area contributed by atoms with E-state index in [1.165, 1.54) is 16.4 Å². The maximum Gasteiger partial charge on any atom is 0.412 e. The third-order valence-corrected chi connectivity index (χ3v) is 9.75. The molecule has 0 aliphatic carbocycles. The van der Waals surface area contributed by atoms with Crippen molar-refractivity contribution in [2.24, 2.45) is 5.92 Å². The van der Waals surface area contributed by atoms with Gasteiger partial charge in [0.15, 0.2) is 11.5 Å². The SMILES string of the molecule is CC(C)CN(C[C@H]1OC(C)(C)N(C(=O)OC(C)(C)C)[C@H]1Cc1ccc(OCc2ccccc2)cc1)S(=O)(=O)c1ccc2c(c1)OCO2. The Labute approximate surface area is 278 Å². The van der Waals surface area contributed by atoms with Gasteiger partial charge in [0.25, 0.3) is 0 Å². The van der Waals surface area contributed by atoms with Crippen LogP contribution in [0.15, 0.2) is 77.7 Å². The second-order valence-electron chi connectivity index (χ2n) is 13.9. The number of fused-ring (bicyclic) bond motifs is 1. The molecule has 0 radical (unpaired) electrons. The molecular weight excluding hydrogens is 620 g/mol. The van der Waals surface area contributed by atoms with Crippen molar-refractivity contribution < 1.29 is 36.9 Å². The first-order chi connectivity index (χ1) is 22.1. The van der Waals surface area contributed by atoms with E-state index in [1.54, 1.807) is 11.0 Å². The number of ether oxygens (including phenoxy) is 5. The molecule has 0 spiro atoms. The average Bonchev–Trinajstić information content (AvgIpc) is 3.56. The summed E-state index contributed by atoms with van der Waals surface area (Å²) in [6, 6.07) is 21.8. The fraction of sp³-hybridized carbons (Fsp3) is 0.472. The lowest BCUT2D eigenvalue weighted by molar-refractivity contribution is -0.0806. The normalized spacial score (nSPS) is 19.0. The van der Waals surface area contributed by atoms with Crippen molar-refractivity contribution in [1.29, 1.82) is 0 Å². The van der Waals surface area contributed by atoms with Crippen molar-refractivity contribution in [2.45, 2.75) is 89.9 Å². The van der Waals surface area contributed by atoms with Crippen LogP contribution in [0.2, 0.25) is 0 Å². The molecule has 0 bridgehead atoms. The zero-order valence-corrected chi connectivity index (χ0v) is 29.1. The van der Waals surface area contributed by atoms with Crippen molar-refractivity contribution >= 4 is 16.1 Å². The molecule has 254 valence electrons. The third kappa shape index (κ3) is 8.38. The van der Waals surface area contributed by atoms with Crippen LogP contribution in [0.5, 0.6) is 17.2 Å². The van der Waals surface area contributed by atoms with E-state index >= 15 is 0 Å². The Morgan fingerprint density at radius 1 is 0.979 bits per heavy atom. The van der Waals surface area contributed by atoms with Crippen LogP contribution in [0.4, 0.5) is 4.79 Å². The summed E-state index contributed by atoms with van der Waals surface area (Å²) in [4.78, 5) is 15.5. The Morgan fingerprint density at radius 3 is 2.32 bits per heavy atom. The molecule has 1 amide bonds. The van der Waals surface area contributed by atoms with E-state index < -0.39 is 39.6 Å². The second kappa shape index (κ2) is 13.7. The summed E-state index contributed by atoms with van der Waals surface area (Å²) in [6.45, 7) is 13.8. The van der Waals surface area contributed by atoms with E-state index in [0.717, 1.165) is 16.9 Å². The number of carbonyl (C=O) groups is 1. The molecule has 2 atom stereocenters. The molecule has 2 aliphatic rings. The molecule has 0 unspecified atom stereocenters. The van der Waals surface area contributed by atoms with E-state index in [2.05, 4.69) is 0 Å². The van der Waals surface area contributed by atoms with Crippen LogP contribution in [-0.4, -0.2) is 67.1 Å². The number of sulfonamides is 1. The van der Waals surface area contributed by atoms with Gasteiger partial charge in [0.2, 0.25) is 16.8 Å². The Balaban J connectivity index is 1.43. The van der Waals surface area contributed by atoms with Crippen LogP contribution in [0.1, 0.15) is 59.6 Å². The van der Waals surface area contributed by atoms with Crippen LogP contribution in [0.25, 0.3) is 0 Å². The lowest BCUT2D eigenvalue weighted by atomic mass is 9.99. The van der Waals surface area contributed by atoms with Crippen LogP contribution >= 0.6 is 0 Å². The van der Waals surface area contributed by atoms with Gasteiger partial charge in [-0.2, -0.15) is 4.31 Å². The Bertz CT molecular complexity index is 1640. The quantitative estimate of drug-likeness (QED) is 0.225. The number of nitrogens with zero attached hydrogens (tertiary/aromatic N) is 2. The van der Waals surface area contributed by atoms with Crippen molar-refractivity contribution in [3.63, 3.8) is 0 Å². The Kier molecular flexibility index (Phi) is 10.1. The summed E-state index contributed by atoms with van der Waals surface area (Å²) in [7, 11) is -3.97. The number of amides is 1. The Hall–Kier alpha value is -3.80. The number of carbonyl (C=O) groups excluding carboxylic acids is 1. The minimum atomic E-state index is -3.97. The van der Waals surface area contributed by atoms with Crippen LogP contribution < -0.4 is 14.2 Å². The summed E-state index contributed by atoms with van der Waals surface area (Å²) in [5, 5.41) is 0. The molecule has 3 aromatic rings. The zero-order valence-electron chi connectivity index (χ0n) is 28.3. The predicted molar refractivity (Wildman–Crippen MR) is 178 cm³/mol. The van der Waals surface area contributed by atoms with Crippen LogP contribution in [0, 0.1) is 5.92 Å². The molecule has 0 aromatic heterocycles. The molecule has 2 aliphatic heterocycles. The highest BCUT2D eigenvalue weighted by atomic mass is 32.2. The van der Waals surface area contributed by atoms with Crippen LogP contribution in [-0.2, 0) is 32.5 Å². The van der Waals surface area contributed by atoms with Gasteiger partial charge in [-0.25, -0.2) is 13.2 Å². The highest BCUT2D eigenvalue weighted by molar-refractivity contribution is 7.89. The van der Waals surface area contributed by atoms with Gasteiger partial charge in [-0.15, -0.1) is 0 Å². The second-order valence-corrected chi connectivity index (χ2v) is 15.8. The maximum absolute atomic E-state index is 14.1. The number of rotatable bonds is 11. The maximum atomic E-state index is 14.1. The summed E-state index contributed by atoms with van der Waals surface area (Å²) < 4.78 is 59.0. The van der Waals surface area contributed by atoms with Gasteiger partial charge in [0, 0.05) is 19.2 Å². The average molecular weight is 667 g/mol. The number of hydrogen-bond acceptors (Lipinski definition) is 8. The van der Waals surface area contributed by atoms with E-state index in [4.69, 9.17) is 23.7 Å². The molecule has 11 heteroatoms. The van der Waals surface area contributed by atoms with E-state index in [9.17, 15) is 13.2 Å². The highest BCUT2D eigenvalue weighted by Gasteiger charge is 2.52. The van der Waals surface area contributed by atoms with E-state index in [-0.39, 0.29) is 30.7 Å². The van der Waals surface area contributed by atoms with Crippen molar-refractivity contribution in [1.82, 2.24) is 9.21 Å². The Morgan fingerprint density at radius 2 is 1.66 bits per heavy atom. The zero-order chi connectivity index (χ0) is 34.0. The fourth-order valence-electron chi connectivity index (χ4n) is 5.89. The minimum absolute atomic E-state index is 0.0250. The summed E-state index contributed by atoms with van der Waals surface area (Å²) in [5.41, 5.74) is 0.206. The first-order valence-corrected chi connectivity index (χ1v) is 17.4. The molecule has 5 rings (SSSR count). The van der Waals surface area contributed by atoms with Gasteiger partial charge in [-0.05, 0) is 82.3 Å². The first kappa shape index (κ1) is 34.5. The lowest BCUT2D eigenvalue weighted by Gasteiger charge is -2.35. The summed E-state index contributed by atoms with van der Waals surface area (Å²) in [5.74, 6) is 1.64. The number of hydrogen-bond donors (Lipinski definition) is 0. The van der Waals surface area contributed by atoms with Gasteiger partial charge in [0.05, 0.1) is 17.0 Å². The highest BCUT2D eigenvalue weighted by Crippen LogP contribution is 2.38. The molecule has 0 N–H and O–H groups in total. The minimum Gasteiger partial charge on any atom is -0.489 e. The van der Waals surface area contributed by atoms with Crippen molar-refractivity contribution in [2.75, 3.05) is 19.9 Å². The van der Waals surface area contributed by atoms with Crippen molar-refractivity contribution in [3.8, 4) is 17.2 Å². The molecular formula is C36H46N2O8S. The lowest BCUT2D eigenvalue weighted by Crippen LogP contribution is -2.52. The molecule has 1 saturated heterocycles. The van der Waals surface area contributed by atoms with Crippen molar-refractivity contribution in [3.05, 3.63) is 83.9 Å². The number of benzene rings is 3. The van der Waals surface area contributed by atoms with Gasteiger partial charge in [-0.3, -0.25) is 4.90 Å². The van der Waals surface area contributed by atoms with E-state index in [0.29, 0.717) is 24.5 Å². The smallest absolute Gasteiger partial charge is 0.412 e. The third-order valence-electron chi connectivity index (χ3n) is 7.92. The van der Waals surface area contributed by atoms with Gasteiger partial charge in [-0.1, -0.05) is 56.3 Å². The molecule has 47 heavy (non-hydrogen) atoms.